The summed E-state index contributed by atoms with van der Waals surface area (Å²) < 4.78 is 0. The second kappa shape index (κ2) is 5.03. The maximum Gasteiger partial charge on any atom is 0.0641 e. The van der Waals surface area contributed by atoms with Crippen molar-refractivity contribution in [2.24, 2.45) is 0 Å². The molecule has 2 N–H and O–H groups in total. The van der Waals surface area contributed by atoms with Crippen molar-refractivity contribution in [3.05, 3.63) is 40.5 Å². The summed E-state index contributed by atoms with van der Waals surface area (Å²) in [6.07, 6.45) is 3.29. The Balaban J connectivity index is 2.76. The minimum absolute atomic E-state index is 0.468. The van der Waals surface area contributed by atoms with E-state index >= 15 is 0 Å². The third-order valence-electron chi connectivity index (χ3n) is 1.50. The summed E-state index contributed by atoms with van der Waals surface area (Å²) in [6.45, 7) is 1.69. The maximum absolute atomic E-state index is 7.17. The van der Waals surface area contributed by atoms with Gasteiger partial charge in [-0.3, -0.25) is 0 Å². The van der Waals surface area contributed by atoms with Crippen molar-refractivity contribution in [3.63, 3.8) is 0 Å². The highest BCUT2D eigenvalue weighted by Crippen LogP contribution is 2.25. The van der Waals surface area contributed by atoms with Gasteiger partial charge in [0.25, 0.3) is 0 Å². The Morgan fingerprint density at radius 3 is 2.79 bits per heavy atom. The van der Waals surface area contributed by atoms with Crippen LogP contribution in [-0.4, -0.2) is 5.71 Å². The average molecular weight is 229 g/mol. The predicted molar refractivity (Wildman–Crippen MR) is 62.6 cm³/mol. The number of hydrogen-bond donors (Lipinski definition) is 2. The van der Waals surface area contributed by atoms with Crippen molar-refractivity contribution in [2.45, 2.75) is 6.92 Å². The first-order valence-corrected chi connectivity index (χ1v) is 4.78. The zero-order valence-electron chi connectivity index (χ0n) is 7.64. The van der Waals surface area contributed by atoms with Crippen molar-refractivity contribution in [3.8, 4) is 0 Å². The Hall–Kier alpha value is -0.990. The SMILES string of the molecule is CC(=N)/C=C\Nc1cc(Cl)ccc1Cl. The first-order chi connectivity index (χ1) is 6.59. The van der Waals surface area contributed by atoms with Crippen molar-refractivity contribution in [1.82, 2.24) is 0 Å². The van der Waals surface area contributed by atoms with E-state index in [9.17, 15) is 0 Å². The second-order valence-corrected chi connectivity index (χ2v) is 3.63. The van der Waals surface area contributed by atoms with Crippen molar-refractivity contribution in [1.29, 1.82) is 5.41 Å². The fourth-order valence-corrected chi connectivity index (χ4v) is 1.21. The molecule has 0 aromatic heterocycles. The van der Waals surface area contributed by atoms with Gasteiger partial charge in [0, 0.05) is 16.9 Å². The molecule has 0 aliphatic carbocycles. The molecule has 1 rings (SSSR count). The van der Waals surface area contributed by atoms with Crippen LogP contribution in [0.15, 0.2) is 30.5 Å². The monoisotopic (exact) mass is 228 g/mol. The van der Waals surface area contributed by atoms with Crippen LogP contribution in [0.4, 0.5) is 5.69 Å². The summed E-state index contributed by atoms with van der Waals surface area (Å²) >= 11 is 11.7. The largest absolute Gasteiger partial charge is 0.360 e. The number of rotatable bonds is 3. The molecule has 0 heterocycles. The van der Waals surface area contributed by atoms with E-state index in [1.54, 1.807) is 37.4 Å². The molecule has 1 aromatic rings. The fourth-order valence-electron chi connectivity index (χ4n) is 0.865. The van der Waals surface area contributed by atoms with E-state index in [4.69, 9.17) is 28.6 Å². The molecule has 0 spiro atoms. The van der Waals surface area contributed by atoms with Crippen LogP contribution in [0.25, 0.3) is 0 Å². The average Bonchev–Trinajstić information content (AvgIpc) is 2.10. The van der Waals surface area contributed by atoms with Gasteiger partial charge in [-0.25, -0.2) is 0 Å². The van der Waals surface area contributed by atoms with Crippen LogP contribution in [0.2, 0.25) is 10.0 Å². The highest BCUT2D eigenvalue weighted by Gasteiger charge is 1.97. The number of hydrogen-bond acceptors (Lipinski definition) is 2. The quantitative estimate of drug-likeness (QED) is 0.756. The summed E-state index contributed by atoms with van der Waals surface area (Å²) in [5, 5.41) is 11.3. The molecular formula is C10H10Cl2N2. The third-order valence-corrected chi connectivity index (χ3v) is 2.07. The minimum atomic E-state index is 0.468. The summed E-state index contributed by atoms with van der Waals surface area (Å²) in [5.74, 6) is 0. The van der Waals surface area contributed by atoms with E-state index in [1.165, 1.54) is 0 Å². The van der Waals surface area contributed by atoms with E-state index in [1.807, 2.05) is 0 Å². The molecule has 0 bridgehead atoms. The smallest absolute Gasteiger partial charge is 0.0641 e. The highest BCUT2D eigenvalue weighted by atomic mass is 35.5. The highest BCUT2D eigenvalue weighted by molar-refractivity contribution is 6.35. The van der Waals surface area contributed by atoms with Crippen LogP contribution in [-0.2, 0) is 0 Å². The molecule has 1 aromatic carbocycles. The van der Waals surface area contributed by atoms with Crippen molar-refractivity contribution in [2.75, 3.05) is 5.32 Å². The maximum atomic E-state index is 7.17. The van der Waals surface area contributed by atoms with Gasteiger partial charge in [-0.1, -0.05) is 23.2 Å². The van der Waals surface area contributed by atoms with Crippen LogP contribution in [0, 0.1) is 5.41 Å². The van der Waals surface area contributed by atoms with Gasteiger partial charge in [-0.15, -0.1) is 0 Å². The Morgan fingerprint density at radius 1 is 1.43 bits per heavy atom. The second-order valence-electron chi connectivity index (χ2n) is 2.78. The van der Waals surface area contributed by atoms with Gasteiger partial charge in [-0.2, -0.15) is 0 Å². The molecule has 0 aliphatic rings. The number of allylic oxidation sites excluding steroid dienone is 1. The molecule has 0 radical (unpaired) electrons. The minimum Gasteiger partial charge on any atom is -0.360 e. The van der Waals surface area contributed by atoms with Gasteiger partial charge in [0.2, 0.25) is 0 Å². The molecule has 0 amide bonds. The van der Waals surface area contributed by atoms with Gasteiger partial charge >= 0.3 is 0 Å². The molecule has 0 fully saturated rings. The normalized spacial score (nSPS) is 10.5. The Kier molecular flexibility index (Phi) is 3.98. The molecule has 0 aliphatic heterocycles. The number of halogens is 2. The topological polar surface area (TPSA) is 35.9 Å². The van der Waals surface area contributed by atoms with Gasteiger partial charge in [0.15, 0.2) is 0 Å². The third kappa shape index (κ3) is 3.40. The number of anilines is 1. The summed E-state index contributed by atoms with van der Waals surface area (Å²) in [7, 11) is 0. The number of nitrogens with one attached hydrogen (secondary N) is 2. The zero-order chi connectivity index (χ0) is 10.6. The molecule has 2 nitrogen and oxygen atoms in total. The van der Waals surface area contributed by atoms with Crippen LogP contribution in [0.1, 0.15) is 6.92 Å². The molecule has 4 heteroatoms. The predicted octanol–water partition coefficient (Wildman–Crippen LogP) is 3.96. The van der Waals surface area contributed by atoms with Gasteiger partial charge in [0.05, 0.1) is 10.7 Å². The first-order valence-electron chi connectivity index (χ1n) is 4.03. The zero-order valence-corrected chi connectivity index (χ0v) is 9.15. The number of benzene rings is 1. The summed E-state index contributed by atoms with van der Waals surface area (Å²) in [4.78, 5) is 0. The summed E-state index contributed by atoms with van der Waals surface area (Å²) in [6, 6.07) is 5.17. The lowest BCUT2D eigenvalue weighted by atomic mass is 10.3. The first kappa shape index (κ1) is 11.1. The Bertz CT molecular complexity index is 372. The van der Waals surface area contributed by atoms with E-state index < -0.39 is 0 Å². The Labute approximate surface area is 93.0 Å². The van der Waals surface area contributed by atoms with Crippen LogP contribution in [0.3, 0.4) is 0 Å². The van der Waals surface area contributed by atoms with Crippen LogP contribution in [0.5, 0.6) is 0 Å². The Morgan fingerprint density at radius 2 is 2.14 bits per heavy atom. The van der Waals surface area contributed by atoms with E-state index in [0.29, 0.717) is 15.8 Å². The fraction of sp³-hybridized carbons (Fsp3) is 0.100. The molecule has 0 saturated carbocycles. The van der Waals surface area contributed by atoms with Crippen molar-refractivity contribution < 1.29 is 0 Å². The lowest BCUT2D eigenvalue weighted by Gasteiger charge is -2.03. The van der Waals surface area contributed by atoms with Crippen LogP contribution < -0.4 is 5.32 Å². The van der Waals surface area contributed by atoms with Gasteiger partial charge < -0.3 is 10.7 Å². The summed E-state index contributed by atoms with van der Waals surface area (Å²) in [5.41, 5.74) is 1.20. The van der Waals surface area contributed by atoms with Crippen molar-refractivity contribution >= 4 is 34.6 Å². The van der Waals surface area contributed by atoms with Gasteiger partial charge in [0.1, 0.15) is 0 Å². The molecule has 0 saturated heterocycles. The molecule has 0 atom stereocenters. The van der Waals surface area contributed by atoms with Crippen LogP contribution >= 0.6 is 23.2 Å². The van der Waals surface area contributed by atoms with E-state index in [2.05, 4.69) is 5.32 Å². The van der Waals surface area contributed by atoms with E-state index in [0.717, 1.165) is 5.69 Å². The molecular weight excluding hydrogens is 219 g/mol. The molecule has 14 heavy (non-hydrogen) atoms. The lowest BCUT2D eigenvalue weighted by molar-refractivity contribution is 1.49. The van der Waals surface area contributed by atoms with E-state index in [-0.39, 0.29) is 0 Å². The molecule has 0 unspecified atom stereocenters. The molecule has 74 valence electrons. The van der Waals surface area contributed by atoms with Gasteiger partial charge in [-0.05, 0) is 31.2 Å². The standard InChI is InChI=1S/C10H10Cl2N2/c1-7(13)4-5-14-10-6-8(11)2-3-9(10)12/h2-6,13-14H,1H3/b5-4-,13-7?. The lowest BCUT2D eigenvalue weighted by Crippen LogP contribution is -1.90.